The number of hydrogen-bond donors (Lipinski definition) is 1. The molecule has 196 valence electrons. The fraction of sp³-hybridized carbons (Fsp3) is 0.321. The zero-order valence-corrected chi connectivity index (χ0v) is 21.0. The summed E-state index contributed by atoms with van der Waals surface area (Å²) in [6.07, 6.45) is 4.40. The van der Waals surface area contributed by atoms with Gasteiger partial charge in [-0.05, 0) is 42.7 Å². The first-order valence-electron chi connectivity index (χ1n) is 12.6. The number of hydrogen-bond acceptors (Lipinski definition) is 8. The Hall–Kier alpha value is -4.47. The molecule has 10 heteroatoms. The van der Waals surface area contributed by atoms with E-state index in [9.17, 15) is 14.4 Å². The van der Waals surface area contributed by atoms with E-state index < -0.39 is 17.5 Å². The van der Waals surface area contributed by atoms with E-state index >= 15 is 0 Å². The van der Waals surface area contributed by atoms with Crippen molar-refractivity contribution in [2.24, 2.45) is 0 Å². The molecule has 1 N–H and O–H groups in total. The minimum Gasteiger partial charge on any atom is -0.493 e. The summed E-state index contributed by atoms with van der Waals surface area (Å²) in [5, 5.41) is 11.9. The van der Waals surface area contributed by atoms with Gasteiger partial charge in [0, 0.05) is 24.8 Å². The van der Waals surface area contributed by atoms with Crippen LogP contribution in [0.15, 0.2) is 63.9 Å². The van der Waals surface area contributed by atoms with E-state index in [1.165, 1.54) is 13.2 Å². The summed E-state index contributed by atoms with van der Waals surface area (Å²) < 4.78 is 18.6. The monoisotopic (exact) mass is 516 g/mol. The van der Waals surface area contributed by atoms with Crippen molar-refractivity contribution in [1.29, 1.82) is 0 Å². The molecule has 4 aromatic rings. The minimum absolute atomic E-state index is 0.0549. The summed E-state index contributed by atoms with van der Waals surface area (Å²) in [5.41, 5.74) is 0.986. The van der Waals surface area contributed by atoms with Gasteiger partial charge in [-0.25, -0.2) is 4.79 Å². The maximum Gasteiger partial charge on any atom is 0.347 e. The lowest BCUT2D eigenvalue weighted by Crippen LogP contribution is -2.31. The highest BCUT2D eigenvalue weighted by molar-refractivity contribution is 5.98. The second-order valence-corrected chi connectivity index (χ2v) is 9.22. The molecule has 0 spiro atoms. The molecule has 0 saturated carbocycles. The van der Waals surface area contributed by atoms with Gasteiger partial charge in [-0.3, -0.25) is 14.3 Å². The van der Waals surface area contributed by atoms with Crippen LogP contribution >= 0.6 is 0 Å². The topological polar surface area (TPSA) is 126 Å². The number of methoxy groups -OCH3 is 1. The van der Waals surface area contributed by atoms with E-state index in [2.05, 4.69) is 15.6 Å². The van der Waals surface area contributed by atoms with Crippen molar-refractivity contribution < 1.29 is 23.5 Å². The summed E-state index contributed by atoms with van der Waals surface area (Å²) in [4.78, 5) is 38.8. The number of nitrogens with zero attached hydrogens (tertiary/aromatic N) is 3. The third kappa shape index (κ3) is 5.74. The summed E-state index contributed by atoms with van der Waals surface area (Å²) in [6, 6.07) is 13.1. The lowest BCUT2D eigenvalue weighted by Gasteiger charge is -2.20. The van der Waals surface area contributed by atoms with Gasteiger partial charge in [-0.15, -0.1) is 5.10 Å². The highest BCUT2D eigenvalue weighted by atomic mass is 16.5. The molecule has 2 aliphatic heterocycles. The summed E-state index contributed by atoms with van der Waals surface area (Å²) in [6.45, 7) is 0.907. The van der Waals surface area contributed by atoms with Gasteiger partial charge in [0.1, 0.15) is 23.4 Å². The molecule has 4 bridgehead atoms. The maximum atomic E-state index is 13.3. The minimum atomic E-state index is -0.706. The van der Waals surface area contributed by atoms with Crippen molar-refractivity contribution >= 4 is 22.7 Å². The van der Waals surface area contributed by atoms with E-state index in [0.717, 1.165) is 12.8 Å². The fourth-order valence-electron chi connectivity index (χ4n) is 4.49. The predicted octanol–water partition coefficient (Wildman–Crippen LogP) is 3.98. The first-order chi connectivity index (χ1) is 18.5. The average molecular weight is 517 g/mol. The van der Waals surface area contributed by atoms with Gasteiger partial charge in [-0.1, -0.05) is 35.9 Å². The van der Waals surface area contributed by atoms with Crippen molar-refractivity contribution in [2.75, 3.05) is 7.11 Å². The number of aryl methyl sites for hydroxylation is 1. The number of benzene rings is 2. The van der Waals surface area contributed by atoms with Gasteiger partial charge >= 0.3 is 5.63 Å². The Morgan fingerprint density at radius 1 is 1.13 bits per heavy atom. The fourth-order valence-corrected chi connectivity index (χ4v) is 4.49. The maximum absolute atomic E-state index is 13.3. The number of fused-ring (bicyclic) bond motifs is 11. The molecule has 2 aromatic carbocycles. The molecule has 6 rings (SSSR count). The Bertz CT molecular complexity index is 1530. The molecule has 4 heterocycles. The third-order valence-electron chi connectivity index (χ3n) is 6.51. The van der Waals surface area contributed by atoms with Crippen molar-refractivity contribution in [2.45, 2.75) is 51.3 Å². The highest BCUT2D eigenvalue weighted by Crippen LogP contribution is 2.32. The Labute approximate surface area is 218 Å². The average Bonchev–Trinajstić information content (AvgIpc) is 3.38. The van der Waals surface area contributed by atoms with Gasteiger partial charge < -0.3 is 19.2 Å². The second kappa shape index (κ2) is 11.3. The second-order valence-electron chi connectivity index (χ2n) is 9.22. The molecule has 2 aliphatic rings. The van der Waals surface area contributed by atoms with Gasteiger partial charge in [0.2, 0.25) is 5.91 Å². The summed E-state index contributed by atoms with van der Waals surface area (Å²) in [7, 11) is 1.52. The van der Waals surface area contributed by atoms with Crippen LogP contribution in [0.25, 0.3) is 11.0 Å². The first kappa shape index (κ1) is 25.2. The smallest absolute Gasteiger partial charge is 0.347 e. The summed E-state index contributed by atoms with van der Waals surface area (Å²) in [5.74, 6) is 0.320. The van der Waals surface area contributed by atoms with Crippen LogP contribution in [0, 0.1) is 0 Å². The number of nitrogens with one attached hydrogen (secondary N) is 1. The van der Waals surface area contributed by atoms with Gasteiger partial charge in [0.25, 0.3) is 0 Å². The van der Waals surface area contributed by atoms with Gasteiger partial charge in [0.05, 0.1) is 19.3 Å². The van der Waals surface area contributed by atoms with Crippen LogP contribution in [-0.2, 0) is 17.9 Å². The molecular weight excluding hydrogens is 488 g/mol. The molecule has 10 nitrogen and oxygen atoms in total. The number of para-hydroxylation sites is 1. The Morgan fingerprint density at radius 2 is 2.00 bits per heavy atom. The Morgan fingerprint density at radius 3 is 2.87 bits per heavy atom. The molecule has 38 heavy (non-hydrogen) atoms. The SMILES string of the molecule is COc1cc2ccc1OCc1cn(nn1)CCCCCC(=O)NC2CC(=O)c1cc2ccccc2oc1=O. The molecular formula is C28H28N4O6. The molecule has 1 atom stereocenters. The Balaban J connectivity index is 1.45. The molecule has 0 saturated heterocycles. The molecule has 0 aliphatic carbocycles. The highest BCUT2D eigenvalue weighted by Gasteiger charge is 2.23. The van der Waals surface area contributed by atoms with Crippen molar-refractivity contribution in [3.63, 3.8) is 0 Å². The van der Waals surface area contributed by atoms with Gasteiger partial charge in [0.15, 0.2) is 17.3 Å². The zero-order chi connectivity index (χ0) is 26.5. The summed E-state index contributed by atoms with van der Waals surface area (Å²) >= 11 is 0. The third-order valence-corrected chi connectivity index (χ3v) is 6.51. The van der Waals surface area contributed by atoms with Crippen molar-refractivity contribution in [3.8, 4) is 11.5 Å². The number of Topliss-reactive ketones (excluding diaryl/α,β-unsaturated/α-hetero) is 1. The zero-order valence-electron chi connectivity index (χ0n) is 21.0. The van der Waals surface area contributed by atoms with E-state index in [-0.39, 0.29) is 24.5 Å². The lowest BCUT2D eigenvalue weighted by atomic mass is 9.97. The largest absolute Gasteiger partial charge is 0.493 e. The number of aromatic nitrogens is 3. The standard InChI is InChI=1S/C28H28N4O6/c1-36-26-14-18-10-11-25(26)37-17-20-16-32(31-30-20)12-6-2-3-9-27(34)29-22(18)15-23(33)21-13-19-7-4-5-8-24(19)38-28(21)35/h4-5,7-8,10-11,13-14,16,22H,2-3,6,9,12,15,17H2,1H3,(H,29,34). The van der Waals surface area contributed by atoms with Crippen LogP contribution in [0.1, 0.15) is 59.8 Å². The first-order valence-corrected chi connectivity index (χ1v) is 12.6. The predicted molar refractivity (Wildman–Crippen MR) is 138 cm³/mol. The number of amides is 1. The number of ether oxygens (including phenoxy) is 2. The van der Waals surface area contributed by atoms with Crippen LogP contribution in [-0.4, -0.2) is 33.8 Å². The van der Waals surface area contributed by atoms with E-state index in [0.29, 0.717) is 53.1 Å². The van der Waals surface area contributed by atoms with Crippen LogP contribution in [0.3, 0.4) is 0 Å². The van der Waals surface area contributed by atoms with Crippen molar-refractivity contribution in [3.05, 3.63) is 82.0 Å². The van der Waals surface area contributed by atoms with Gasteiger partial charge in [-0.2, -0.15) is 0 Å². The van der Waals surface area contributed by atoms with E-state index in [1.54, 1.807) is 47.1 Å². The number of carbonyl (C=O) groups excluding carboxylic acids is 2. The van der Waals surface area contributed by atoms with Crippen LogP contribution < -0.4 is 20.4 Å². The van der Waals surface area contributed by atoms with Crippen LogP contribution in [0.5, 0.6) is 11.5 Å². The molecule has 2 aromatic heterocycles. The normalized spacial score (nSPS) is 16.4. The molecule has 1 amide bonds. The molecule has 1 unspecified atom stereocenters. The van der Waals surface area contributed by atoms with Crippen LogP contribution in [0.2, 0.25) is 0 Å². The van der Waals surface area contributed by atoms with Crippen LogP contribution in [0.4, 0.5) is 0 Å². The van der Waals surface area contributed by atoms with Crippen molar-refractivity contribution in [1.82, 2.24) is 20.3 Å². The molecule has 0 fully saturated rings. The Kier molecular flexibility index (Phi) is 7.48. The van der Waals surface area contributed by atoms with E-state index in [1.807, 2.05) is 6.20 Å². The molecule has 0 radical (unpaired) electrons. The number of ketones is 1. The lowest BCUT2D eigenvalue weighted by molar-refractivity contribution is -0.121. The quantitative estimate of drug-likeness (QED) is 0.319. The van der Waals surface area contributed by atoms with E-state index in [4.69, 9.17) is 13.9 Å². The number of rotatable bonds is 4. The number of carbonyl (C=O) groups is 2.